The number of benzene rings is 1. The number of Topliss-reactive ketones (excluding diaryl/α,β-unsaturated/α-hetero) is 1. The number of ketones is 1. The molecule has 0 aliphatic rings. The minimum Gasteiger partial charge on any atom is -0.316 e. The zero-order chi connectivity index (χ0) is 12.1. The summed E-state index contributed by atoms with van der Waals surface area (Å²) in [5.74, 6) is -1.13. The van der Waals surface area contributed by atoms with Crippen LogP contribution in [0.5, 0.6) is 0 Å². The van der Waals surface area contributed by atoms with Crippen molar-refractivity contribution in [3.05, 3.63) is 35.4 Å². The van der Waals surface area contributed by atoms with Gasteiger partial charge in [0.15, 0.2) is 0 Å². The van der Waals surface area contributed by atoms with Crippen molar-refractivity contribution in [2.75, 3.05) is 7.05 Å². The Morgan fingerprint density at radius 3 is 2.31 bits per heavy atom. The van der Waals surface area contributed by atoms with Crippen molar-refractivity contribution in [1.82, 2.24) is 5.32 Å². The zero-order valence-electron chi connectivity index (χ0n) is 9.39. The van der Waals surface area contributed by atoms with Crippen molar-refractivity contribution in [1.29, 1.82) is 0 Å². The summed E-state index contributed by atoms with van der Waals surface area (Å²) in [5.41, 5.74) is 0.554. The molecule has 1 atom stereocenters. The van der Waals surface area contributed by atoms with Gasteiger partial charge < -0.3 is 5.32 Å². The van der Waals surface area contributed by atoms with E-state index in [-0.39, 0.29) is 11.8 Å². The first kappa shape index (κ1) is 12.8. The predicted molar refractivity (Wildman–Crippen MR) is 58.2 cm³/mol. The molecule has 0 bridgehead atoms. The molecule has 0 amide bonds. The van der Waals surface area contributed by atoms with Crippen LogP contribution in [-0.2, 0) is 11.2 Å². The molecule has 0 saturated heterocycles. The summed E-state index contributed by atoms with van der Waals surface area (Å²) in [7, 11) is 1.73. The lowest BCUT2D eigenvalue weighted by atomic mass is 10.0. The maximum Gasteiger partial charge on any atom is 0.131 e. The second-order valence-corrected chi connectivity index (χ2v) is 3.87. The Kier molecular flexibility index (Phi) is 4.55. The van der Waals surface area contributed by atoms with Crippen molar-refractivity contribution in [3.8, 4) is 0 Å². The van der Waals surface area contributed by atoms with E-state index in [2.05, 4.69) is 5.32 Å². The number of rotatable bonds is 5. The largest absolute Gasteiger partial charge is 0.316 e. The van der Waals surface area contributed by atoms with E-state index in [1.807, 2.05) is 0 Å². The van der Waals surface area contributed by atoms with Gasteiger partial charge in [-0.1, -0.05) is 0 Å². The highest BCUT2D eigenvalue weighted by atomic mass is 19.1. The van der Waals surface area contributed by atoms with Crippen LogP contribution in [0.2, 0.25) is 0 Å². The molecular weight excluding hydrogens is 212 g/mol. The first-order valence-corrected chi connectivity index (χ1v) is 5.13. The molecule has 0 aliphatic heterocycles. The molecule has 0 unspecified atom stereocenters. The normalized spacial score (nSPS) is 12.5. The Hall–Kier alpha value is -1.29. The highest BCUT2D eigenvalue weighted by Gasteiger charge is 2.11. The molecule has 1 aromatic carbocycles. The Morgan fingerprint density at radius 1 is 1.31 bits per heavy atom. The minimum atomic E-state index is -0.590. The van der Waals surface area contributed by atoms with Crippen LogP contribution in [0.4, 0.5) is 8.78 Å². The van der Waals surface area contributed by atoms with Crippen LogP contribution in [0.15, 0.2) is 18.2 Å². The highest BCUT2D eigenvalue weighted by molar-refractivity contribution is 5.76. The van der Waals surface area contributed by atoms with Crippen molar-refractivity contribution in [3.63, 3.8) is 0 Å². The quantitative estimate of drug-likeness (QED) is 0.834. The fourth-order valence-electron chi connectivity index (χ4n) is 1.64. The maximum absolute atomic E-state index is 12.9. The van der Waals surface area contributed by atoms with Gasteiger partial charge in [0, 0.05) is 18.5 Å². The number of halogens is 2. The van der Waals surface area contributed by atoms with E-state index in [1.54, 1.807) is 7.05 Å². The lowest BCUT2D eigenvalue weighted by Crippen LogP contribution is -2.29. The van der Waals surface area contributed by atoms with Crippen molar-refractivity contribution >= 4 is 5.78 Å². The van der Waals surface area contributed by atoms with Crippen LogP contribution in [0.25, 0.3) is 0 Å². The lowest BCUT2D eigenvalue weighted by molar-refractivity contribution is -0.117. The number of hydrogen-bond donors (Lipinski definition) is 1. The fraction of sp³-hybridized carbons (Fsp3) is 0.417. The summed E-state index contributed by atoms with van der Waals surface area (Å²) >= 11 is 0. The molecule has 16 heavy (non-hydrogen) atoms. The molecule has 2 nitrogen and oxygen atoms in total. The lowest BCUT2D eigenvalue weighted by Gasteiger charge is -2.14. The van der Waals surface area contributed by atoms with Crippen molar-refractivity contribution < 1.29 is 13.6 Å². The number of hydrogen-bond acceptors (Lipinski definition) is 2. The highest BCUT2D eigenvalue weighted by Crippen LogP contribution is 2.11. The monoisotopic (exact) mass is 227 g/mol. The average molecular weight is 227 g/mol. The van der Waals surface area contributed by atoms with Gasteiger partial charge in [0.1, 0.15) is 17.4 Å². The van der Waals surface area contributed by atoms with Gasteiger partial charge in [-0.2, -0.15) is 0 Å². The molecule has 1 rings (SSSR count). The van der Waals surface area contributed by atoms with E-state index in [0.717, 1.165) is 6.07 Å². The van der Waals surface area contributed by atoms with Crippen LogP contribution >= 0.6 is 0 Å². The summed E-state index contributed by atoms with van der Waals surface area (Å²) < 4.78 is 25.8. The van der Waals surface area contributed by atoms with Gasteiger partial charge in [0.2, 0.25) is 0 Å². The standard InChI is InChI=1S/C12H15F2NO/c1-8(16)3-12(15-2)6-9-4-10(13)7-11(14)5-9/h4-5,7,12,15H,3,6H2,1-2H3/t12-/m1/s1. The molecule has 1 aromatic rings. The van der Waals surface area contributed by atoms with Crippen molar-refractivity contribution in [2.45, 2.75) is 25.8 Å². The molecular formula is C12H15F2NO. The molecule has 88 valence electrons. The van der Waals surface area contributed by atoms with E-state index in [0.29, 0.717) is 18.4 Å². The Bertz CT molecular complexity index is 359. The Morgan fingerprint density at radius 2 is 1.88 bits per heavy atom. The molecule has 0 heterocycles. The van der Waals surface area contributed by atoms with Gasteiger partial charge in [0.05, 0.1) is 0 Å². The van der Waals surface area contributed by atoms with Crippen LogP contribution in [0.1, 0.15) is 18.9 Å². The third-order valence-electron chi connectivity index (χ3n) is 2.35. The Labute approximate surface area is 93.7 Å². The summed E-state index contributed by atoms with van der Waals surface area (Å²) in [4.78, 5) is 10.9. The molecule has 0 fully saturated rings. The first-order valence-electron chi connectivity index (χ1n) is 5.13. The summed E-state index contributed by atoms with van der Waals surface area (Å²) in [6.07, 6.45) is 0.791. The van der Waals surface area contributed by atoms with E-state index in [1.165, 1.54) is 19.1 Å². The van der Waals surface area contributed by atoms with Gasteiger partial charge in [-0.3, -0.25) is 4.79 Å². The number of carbonyl (C=O) groups excluding carboxylic acids is 1. The summed E-state index contributed by atoms with van der Waals surface area (Å²) in [5, 5.41) is 2.96. The van der Waals surface area contributed by atoms with Crippen LogP contribution < -0.4 is 5.32 Å². The second kappa shape index (κ2) is 5.70. The molecule has 0 saturated carbocycles. The summed E-state index contributed by atoms with van der Waals surface area (Å²) in [6, 6.07) is 3.32. The number of likely N-dealkylation sites (N-methyl/N-ethyl adjacent to an activating group) is 1. The maximum atomic E-state index is 12.9. The number of carbonyl (C=O) groups is 1. The first-order chi connectivity index (χ1) is 7.51. The topological polar surface area (TPSA) is 29.1 Å². The molecule has 0 aromatic heterocycles. The zero-order valence-corrected chi connectivity index (χ0v) is 9.39. The van der Waals surface area contributed by atoms with Gasteiger partial charge in [-0.05, 0) is 38.1 Å². The molecule has 0 spiro atoms. The fourth-order valence-corrected chi connectivity index (χ4v) is 1.64. The van der Waals surface area contributed by atoms with E-state index in [9.17, 15) is 13.6 Å². The van der Waals surface area contributed by atoms with Crippen LogP contribution in [0.3, 0.4) is 0 Å². The summed E-state index contributed by atoms with van der Waals surface area (Å²) in [6.45, 7) is 1.50. The average Bonchev–Trinajstić information content (AvgIpc) is 2.14. The molecule has 1 N–H and O–H groups in total. The predicted octanol–water partition coefficient (Wildman–Crippen LogP) is 2.07. The minimum absolute atomic E-state index is 0.0521. The molecule has 0 radical (unpaired) electrons. The third-order valence-corrected chi connectivity index (χ3v) is 2.35. The van der Waals surface area contributed by atoms with E-state index in [4.69, 9.17) is 0 Å². The van der Waals surface area contributed by atoms with Gasteiger partial charge in [-0.25, -0.2) is 8.78 Å². The molecule has 4 heteroatoms. The Balaban J connectivity index is 2.73. The SMILES string of the molecule is CN[C@H](CC(C)=O)Cc1cc(F)cc(F)c1. The third kappa shape index (κ3) is 4.06. The molecule has 0 aliphatic carbocycles. The smallest absolute Gasteiger partial charge is 0.131 e. The van der Waals surface area contributed by atoms with Crippen molar-refractivity contribution in [2.24, 2.45) is 0 Å². The number of nitrogens with one attached hydrogen (secondary N) is 1. The second-order valence-electron chi connectivity index (χ2n) is 3.87. The van der Waals surface area contributed by atoms with Gasteiger partial charge in [-0.15, -0.1) is 0 Å². The van der Waals surface area contributed by atoms with Gasteiger partial charge in [0.25, 0.3) is 0 Å². The van der Waals surface area contributed by atoms with E-state index >= 15 is 0 Å². The van der Waals surface area contributed by atoms with Crippen LogP contribution in [0, 0.1) is 11.6 Å². The van der Waals surface area contributed by atoms with E-state index < -0.39 is 11.6 Å². The van der Waals surface area contributed by atoms with Crippen LogP contribution in [-0.4, -0.2) is 18.9 Å². The van der Waals surface area contributed by atoms with Gasteiger partial charge >= 0.3 is 0 Å².